The van der Waals surface area contributed by atoms with Crippen LogP contribution in [0.5, 0.6) is 0 Å². The van der Waals surface area contributed by atoms with E-state index in [4.69, 9.17) is 0 Å². The number of hydrogen-bond donors (Lipinski definition) is 2. The zero-order valence-corrected chi connectivity index (χ0v) is 14.0. The van der Waals surface area contributed by atoms with Gasteiger partial charge >= 0.3 is 6.03 Å². The van der Waals surface area contributed by atoms with Crippen molar-refractivity contribution in [3.8, 4) is 0 Å². The quantitative estimate of drug-likeness (QED) is 0.865. The zero-order valence-electron chi connectivity index (χ0n) is 13.2. The Morgan fingerprint density at radius 3 is 2.57 bits per heavy atom. The molecule has 1 aromatic heterocycles. The Labute approximate surface area is 139 Å². The van der Waals surface area contributed by atoms with Crippen molar-refractivity contribution in [2.24, 2.45) is 5.92 Å². The van der Waals surface area contributed by atoms with Crippen LogP contribution < -0.4 is 10.6 Å². The minimum absolute atomic E-state index is 0.0193. The van der Waals surface area contributed by atoms with Crippen LogP contribution in [0.15, 0.2) is 29.6 Å². The molecule has 0 unspecified atom stereocenters. The van der Waals surface area contributed by atoms with E-state index in [1.807, 2.05) is 19.2 Å². The second-order valence-corrected chi connectivity index (χ2v) is 6.92. The number of nitrogens with one attached hydrogen (secondary N) is 2. The van der Waals surface area contributed by atoms with E-state index in [2.05, 4.69) is 15.6 Å². The van der Waals surface area contributed by atoms with Crippen LogP contribution in [-0.2, 0) is 0 Å². The van der Waals surface area contributed by atoms with Gasteiger partial charge < -0.3 is 10.6 Å². The summed E-state index contributed by atoms with van der Waals surface area (Å²) >= 11 is 1.59. The van der Waals surface area contributed by atoms with Gasteiger partial charge in [-0.05, 0) is 50.3 Å². The molecular weight excluding hydrogens is 313 g/mol. The lowest BCUT2D eigenvalue weighted by Gasteiger charge is -2.19. The molecule has 2 N–H and O–H groups in total. The SMILES string of the molecule is Cc1csc([C@H](NC(=O)N[C@H](C)c2ccc(F)cc2)C2CC2)n1. The molecule has 2 amide bonds. The highest BCUT2D eigenvalue weighted by Gasteiger charge is 2.35. The summed E-state index contributed by atoms with van der Waals surface area (Å²) in [5, 5.41) is 8.93. The van der Waals surface area contributed by atoms with Crippen LogP contribution in [0.25, 0.3) is 0 Å². The summed E-state index contributed by atoms with van der Waals surface area (Å²) in [6, 6.07) is 5.74. The molecule has 4 nitrogen and oxygen atoms in total. The Balaban J connectivity index is 1.62. The average molecular weight is 333 g/mol. The first-order chi connectivity index (χ1) is 11.0. The molecule has 1 aliphatic rings. The molecular formula is C17H20FN3OS. The summed E-state index contributed by atoms with van der Waals surface area (Å²) < 4.78 is 13.0. The lowest BCUT2D eigenvalue weighted by molar-refractivity contribution is 0.232. The number of aryl methyl sites for hydroxylation is 1. The maximum absolute atomic E-state index is 13.0. The van der Waals surface area contributed by atoms with E-state index in [9.17, 15) is 9.18 Å². The number of urea groups is 1. The van der Waals surface area contributed by atoms with E-state index >= 15 is 0 Å². The van der Waals surface area contributed by atoms with Gasteiger partial charge in [-0.25, -0.2) is 14.2 Å². The van der Waals surface area contributed by atoms with Crippen molar-refractivity contribution in [3.63, 3.8) is 0 Å². The molecule has 0 saturated heterocycles. The average Bonchev–Trinajstić information content (AvgIpc) is 3.27. The normalized spacial score (nSPS) is 16.7. The first kappa shape index (κ1) is 15.9. The van der Waals surface area contributed by atoms with E-state index in [-0.39, 0.29) is 23.9 Å². The molecule has 6 heteroatoms. The third-order valence-corrected chi connectivity index (χ3v) is 5.05. The maximum atomic E-state index is 13.0. The largest absolute Gasteiger partial charge is 0.332 e. The molecule has 3 rings (SSSR count). The summed E-state index contributed by atoms with van der Waals surface area (Å²) in [6.45, 7) is 3.84. The number of benzene rings is 1. The van der Waals surface area contributed by atoms with Gasteiger partial charge in [-0.15, -0.1) is 11.3 Å². The number of amides is 2. The molecule has 1 fully saturated rings. The van der Waals surface area contributed by atoms with Crippen molar-refractivity contribution in [1.82, 2.24) is 15.6 Å². The van der Waals surface area contributed by atoms with Crippen LogP contribution in [0.1, 0.15) is 48.1 Å². The predicted molar refractivity (Wildman–Crippen MR) is 88.8 cm³/mol. The number of carbonyl (C=O) groups excluding carboxylic acids is 1. The molecule has 1 heterocycles. The Kier molecular flexibility index (Phi) is 4.61. The first-order valence-corrected chi connectivity index (χ1v) is 8.65. The smallest absolute Gasteiger partial charge is 0.315 e. The van der Waals surface area contributed by atoms with Crippen molar-refractivity contribution in [1.29, 1.82) is 0 Å². The van der Waals surface area contributed by atoms with Crippen LogP contribution in [0, 0.1) is 18.7 Å². The van der Waals surface area contributed by atoms with Crippen molar-refractivity contribution < 1.29 is 9.18 Å². The lowest BCUT2D eigenvalue weighted by atomic mass is 10.1. The standard InChI is InChI=1S/C17H20FN3OS/c1-10-9-23-16(19-10)15(13-3-4-13)21-17(22)20-11(2)12-5-7-14(18)8-6-12/h5-9,11,13,15H,3-4H2,1-2H3,(H2,20,21,22)/t11-,15-/m1/s1. The third kappa shape index (κ3) is 4.07. The van der Waals surface area contributed by atoms with E-state index in [1.165, 1.54) is 12.1 Å². The molecule has 122 valence electrons. The topological polar surface area (TPSA) is 54.0 Å². The van der Waals surface area contributed by atoms with Crippen molar-refractivity contribution in [2.45, 2.75) is 38.8 Å². The van der Waals surface area contributed by atoms with Crippen LogP contribution in [0.3, 0.4) is 0 Å². The number of hydrogen-bond acceptors (Lipinski definition) is 3. The number of rotatable bonds is 5. The molecule has 1 saturated carbocycles. The highest BCUT2D eigenvalue weighted by molar-refractivity contribution is 7.09. The van der Waals surface area contributed by atoms with Gasteiger partial charge in [-0.2, -0.15) is 0 Å². The zero-order chi connectivity index (χ0) is 16.4. The van der Waals surface area contributed by atoms with Crippen molar-refractivity contribution in [2.75, 3.05) is 0 Å². The maximum Gasteiger partial charge on any atom is 0.315 e. The number of thiazole rings is 1. The first-order valence-electron chi connectivity index (χ1n) is 7.77. The molecule has 0 bridgehead atoms. The summed E-state index contributed by atoms with van der Waals surface area (Å²) in [6.07, 6.45) is 2.24. The van der Waals surface area contributed by atoms with E-state index in [1.54, 1.807) is 23.5 Å². The van der Waals surface area contributed by atoms with Gasteiger partial charge in [-0.1, -0.05) is 12.1 Å². The summed E-state index contributed by atoms with van der Waals surface area (Å²) in [4.78, 5) is 16.8. The van der Waals surface area contributed by atoms with Gasteiger partial charge in [0, 0.05) is 11.1 Å². The second kappa shape index (κ2) is 6.66. The Morgan fingerprint density at radius 1 is 1.30 bits per heavy atom. The van der Waals surface area contributed by atoms with Gasteiger partial charge in [0.25, 0.3) is 0 Å². The lowest BCUT2D eigenvalue weighted by Crippen LogP contribution is -2.39. The summed E-state index contributed by atoms with van der Waals surface area (Å²) in [5.74, 6) is 0.200. The third-order valence-electron chi connectivity index (χ3n) is 4.00. The van der Waals surface area contributed by atoms with Crippen LogP contribution >= 0.6 is 11.3 Å². The van der Waals surface area contributed by atoms with Crippen molar-refractivity contribution >= 4 is 17.4 Å². The van der Waals surface area contributed by atoms with Gasteiger partial charge in [0.2, 0.25) is 0 Å². The fourth-order valence-electron chi connectivity index (χ4n) is 2.54. The molecule has 1 aromatic carbocycles. The number of halogens is 1. The Bertz CT molecular complexity index is 681. The molecule has 0 radical (unpaired) electrons. The van der Waals surface area contributed by atoms with Gasteiger partial charge in [0.05, 0.1) is 12.1 Å². The number of carbonyl (C=O) groups is 1. The molecule has 2 atom stereocenters. The molecule has 0 aliphatic heterocycles. The molecule has 1 aliphatic carbocycles. The fraction of sp³-hybridized carbons (Fsp3) is 0.412. The second-order valence-electron chi connectivity index (χ2n) is 6.03. The molecule has 23 heavy (non-hydrogen) atoms. The molecule has 0 spiro atoms. The van der Waals surface area contributed by atoms with Gasteiger partial charge in [-0.3, -0.25) is 0 Å². The van der Waals surface area contributed by atoms with Gasteiger partial charge in [0.15, 0.2) is 0 Å². The fourth-order valence-corrected chi connectivity index (χ4v) is 3.48. The van der Waals surface area contributed by atoms with Gasteiger partial charge in [0.1, 0.15) is 10.8 Å². The van der Waals surface area contributed by atoms with E-state index in [0.717, 1.165) is 29.1 Å². The van der Waals surface area contributed by atoms with Crippen molar-refractivity contribution in [3.05, 3.63) is 51.7 Å². The monoisotopic (exact) mass is 333 g/mol. The summed E-state index contributed by atoms with van der Waals surface area (Å²) in [5.41, 5.74) is 1.85. The van der Waals surface area contributed by atoms with E-state index in [0.29, 0.717) is 5.92 Å². The highest BCUT2D eigenvalue weighted by atomic mass is 32.1. The number of aromatic nitrogens is 1. The van der Waals surface area contributed by atoms with Crippen LogP contribution in [0.2, 0.25) is 0 Å². The predicted octanol–water partition coefficient (Wildman–Crippen LogP) is 4.10. The Hall–Kier alpha value is -1.95. The summed E-state index contributed by atoms with van der Waals surface area (Å²) in [7, 11) is 0. The highest BCUT2D eigenvalue weighted by Crippen LogP contribution is 2.41. The van der Waals surface area contributed by atoms with E-state index < -0.39 is 0 Å². The minimum Gasteiger partial charge on any atom is -0.332 e. The molecule has 2 aromatic rings. The minimum atomic E-state index is -0.279. The van der Waals surface area contributed by atoms with Crippen LogP contribution in [-0.4, -0.2) is 11.0 Å². The Morgan fingerprint density at radius 2 is 2.00 bits per heavy atom. The number of nitrogens with zero attached hydrogens (tertiary/aromatic N) is 1. The van der Waals surface area contributed by atoms with Crippen LogP contribution in [0.4, 0.5) is 9.18 Å².